The van der Waals surface area contributed by atoms with Crippen molar-refractivity contribution in [2.24, 2.45) is 0 Å². The maximum Gasteiger partial charge on any atom is 0.261 e. The van der Waals surface area contributed by atoms with Crippen molar-refractivity contribution in [3.05, 3.63) is 58.9 Å². The number of hydrogen-bond donors (Lipinski definition) is 1. The topological polar surface area (TPSA) is 82.4 Å². The number of benzene rings is 2. The van der Waals surface area contributed by atoms with Crippen LogP contribution in [0.3, 0.4) is 0 Å². The predicted octanol–water partition coefficient (Wildman–Crippen LogP) is 2.97. The van der Waals surface area contributed by atoms with Crippen LogP contribution in [0.1, 0.15) is 13.8 Å². The molecular weight excluding hydrogens is 365 g/mol. The second-order valence-electron chi connectivity index (χ2n) is 5.91. The molecule has 0 bridgehead atoms. The molecule has 0 unspecified atom stereocenters. The van der Waals surface area contributed by atoms with Crippen LogP contribution in [-0.2, 0) is 11.3 Å². The number of carbonyl (C=O) groups excluding carboxylic acids is 1. The van der Waals surface area contributed by atoms with E-state index < -0.39 is 17.3 Å². The number of ether oxygens (including phenoxy) is 2. The number of fused-ring (bicyclic) bond motifs is 1. The van der Waals surface area contributed by atoms with Gasteiger partial charge in [-0.2, -0.15) is 0 Å². The van der Waals surface area contributed by atoms with Gasteiger partial charge in [0.05, 0.1) is 36.1 Å². The summed E-state index contributed by atoms with van der Waals surface area (Å²) < 4.78 is 25.5. The molecule has 0 spiro atoms. The molecule has 1 N–H and O–H groups in total. The molecule has 1 heterocycles. The Kier molecular flexibility index (Phi) is 5.88. The molecule has 2 aromatic carbocycles. The molecular formula is C20H20FN3O4. The number of nitrogens with zero attached hydrogens (tertiary/aromatic N) is 2. The average Bonchev–Trinajstić information content (AvgIpc) is 2.67. The minimum absolute atomic E-state index is 0.114. The Hall–Kier alpha value is -3.42. The summed E-state index contributed by atoms with van der Waals surface area (Å²) in [6, 6.07) is 8.87. The molecule has 146 valence electrons. The number of anilines is 1. The van der Waals surface area contributed by atoms with E-state index in [1.165, 1.54) is 18.5 Å². The molecule has 8 heteroatoms. The SMILES string of the molecule is CCOc1ccc(OCC)c(NC(=O)Cn2cnc3ccc(F)cc3c2=O)c1. The lowest BCUT2D eigenvalue weighted by atomic mass is 10.2. The molecule has 7 nitrogen and oxygen atoms in total. The molecule has 0 aliphatic rings. The summed E-state index contributed by atoms with van der Waals surface area (Å²) in [6.07, 6.45) is 1.27. The summed E-state index contributed by atoms with van der Waals surface area (Å²) in [7, 11) is 0. The quantitative estimate of drug-likeness (QED) is 0.676. The first kappa shape index (κ1) is 19.3. The van der Waals surface area contributed by atoms with Gasteiger partial charge in [-0.3, -0.25) is 14.2 Å². The molecule has 0 atom stereocenters. The van der Waals surface area contributed by atoms with Gasteiger partial charge in [0.1, 0.15) is 23.9 Å². The molecule has 0 aliphatic heterocycles. The van der Waals surface area contributed by atoms with E-state index in [-0.39, 0.29) is 11.9 Å². The van der Waals surface area contributed by atoms with Crippen LogP contribution < -0.4 is 20.3 Å². The predicted molar refractivity (Wildman–Crippen MR) is 103 cm³/mol. The Morgan fingerprint density at radius 1 is 1.14 bits per heavy atom. The molecule has 3 aromatic rings. The number of halogens is 1. The molecule has 0 aliphatic carbocycles. The van der Waals surface area contributed by atoms with Crippen molar-refractivity contribution >= 4 is 22.5 Å². The normalized spacial score (nSPS) is 10.7. The third kappa shape index (κ3) is 4.28. The van der Waals surface area contributed by atoms with Crippen molar-refractivity contribution in [2.75, 3.05) is 18.5 Å². The molecule has 1 amide bonds. The van der Waals surface area contributed by atoms with Gasteiger partial charge in [0.15, 0.2) is 0 Å². The van der Waals surface area contributed by atoms with Crippen LogP contribution in [-0.4, -0.2) is 28.7 Å². The van der Waals surface area contributed by atoms with E-state index in [2.05, 4.69) is 10.3 Å². The van der Waals surface area contributed by atoms with E-state index in [1.54, 1.807) is 18.2 Å². The maximum absolute atomic E-state index is 13.4. The van der Waals surface area contributed by atoms with Crippen molar-refractivity contribution in [3.63, 3.8) is 0 Å². The smallest absolute Gasteiger partial charge is 0.261 e. The van der Waals surface area contributed by atoms with Gasteiger partial charge in [-0.25, -0.2) is 9.37 Å². The first-order valence-corrected chi connectivity index (χ1v) is 8.86. The van der Waals surface area contributed by atoms with E-state index in [4.69, 9.17) is 9.47 Å². The molecule has 0 saturated carbocycles. The van der Waals surface area contributed by atoms with Gasteiger partial charge in [-0.1, -0.05) is 0 Å². The second-order valence-corrected chi connectivity index (χ2v) is 5.91. The summed E-state index contributed by atoms with van der Waals surface area (Å²) in [6.45, 7) is 4.33. The highest BCUT2D eigenvalue weighted by Crippen LogP contribution is 2.29. The first-order valence-electron chi connectivity index (χ1n) is 8.86. The Balaban J connectivity index is 1.84. The molecule has 0 fully saturated rings. The van der Waals surface area contributed by atoms with Crippen molar-refractivity contribution in [1.82, 2.24) is 9.55 Å². The molecule has 0 saturated heterocycles. The minimum atomic E-state index is -0.539. The highest BCUT2D eigenvalue weighted by molar-refractivity contribution is 5.92. The minimum Gasteiger partial charge on any atom is -0.494 e. The fourth-order valence-corrected chi connectivity index (χ4v) is 2.73. The zero-order chi connectivity index (χ0) is 20.1. The van der Waals surface area contributed by atoms with Crippen LogP contribution >= 0.6 is 0 Å². The highest BCUT2D eigenvalue weighted by atomic mass is 19.1. The van der Waals surface area contributed by atoms with E-state index in [0.29, 0.717) is 35.9 Å². The Labute approximate surface area is 160 Å². The van der Waals surface area contributed by atoms with Crippen molar-refractivity contribution in [2.45, 2.75) is 20.4 Å². The average molecular weight is 385 g/mol. The van der Waals surface area contributed by atoms with Crippen LogP contribution in [0, 0.1) is 5.82 Å². The number of nitrogens with one attached hydrogen (secondary N) is 1. The lowest BCUT2D eigenvalue weighted by Gasteiger charge is -2.14. The lowest BCUT2D eigenvalue weighted by molar-refractivity contribution is -0.116. The van der Waals surface area contributed by atoms with Gasteiger partial charge in [-0.15, -0.1) is 0 Å². The third-order valence-corrected chi connectivity index (χ3v) is 3.94. The summed E-state index contributed by atoms with van der Waals surface area (Å²) in [4.78, 5) is 29.1. The zero-order valence-electron chi connectivity index (χ0n) is 15.6. The van der Waals surface area contributed by atoms with E-state index in [0.717, 1.165) is 10.6 Å². The highest BCUT2D eigenvalue weighted by Gasteiger charge is 2.13. The molecule has 0 radical (unpaired) electrons. The van der Waals surface area contributed by atoms with Gasteiger partial charge in [0, 0.05) is 6.07 Å². The van der Waals surface area contributed by atoms with E-state index in [9.17, 15) is 14.0 Å². The fourth-order valence-electron chi connectivity index (χ4n) is 2.73. The fraction of sp³-hybridized carbons (Fsp3) is 0.250. The number of carbonyl (C=O) groups is 1. The standard InChI is InChI=1S/C20H20FN3O4/c1-3-27-14-6-8-18(28-4-2)17(10-14)23-19(25)11-24-12-22-16-7-5-13(21)9-15(16)20(24)26/h5-10,12H,3-4,11H2,1-2H3,(H,23,25). The Bertz CT molecular complexity index is 1060. The largest absolute Gasteiger partial charge is 0.494 e. The summed E-state index contributed by atoms with van der Waals surface area (Å²) >= 11 is 0. The summed E-state index contributed by atoms with van der Waals surface area (Å²) in [5.41, 5.74) is 0.310. The molecule has 28 heavy (non-hydrogen) atoms. The Morgan fingerprint density at radius 3 is 2.68 bits per heavy atom. The summed E-state index contributed by atoms with van der Waals surface area (Å²) in [5, 5.41) is 2.84. The van der Waals surface area contributed by atoms with Gasteiger partial charge >= 0.3 is 0 Å². The van der Waals surface area contributed by atoms with Crippen molar-refractivity contribution < 1.29 is 18.7 Å². The van der Waals surface area contributed by atoms with Gasteiger partial charge in [0.2, 0.25) is 5.91 Å². The number of rotatable bonds is 7. The second kappa shape index (κ2) is 8.51. The van der Waals surface area contributed by atoms with Crippen LogP contribution in [0.25, 0.3) is 10.9 Å². The van der Waals surface area contributed by atoms with E-state index in [1.807, 2.05) is 13.8 Å². The third-order valence-electron chi connectivity index (χ3n) is 3.94. The van der Waals surface area contributed by atoms with Crippen LogP contribution in [0.2, 0.25) is 0 Å². The molecule has 3 rings (SSSR count). The van der Waals surface area contributed by atoms with Gasteiger partial charge in [0.25, 0.3) is 5.56 Å². The zero-order valence-corrected chi connectivity index (χ0v) is 15.6. The van der Waals surface area contributed by atoms with Crippen LogP contribution in [0.5, 0.6) is 11.5 Å². The summed E-state index contributed by atoms with van der Waals surface area (Å²) in [5.74, 6) is 0.0866. The van der Waals surface area contributed by atoms with Crippen molar-refractivity contribution in [1.29, 1.82) is 0 Å². The Morgan fingerprint density at radius 2 is 1.93 bits per heavy atom. The monoisotopic (exact) mass is 385 g/mol. The lowest BCUT2D eigenvalue weighted by Crippen LogP contribution is -2.28. The maximum atomic E-state index is 13.4. The number of hydrogen-bond acceptors (Lipinski definition) is 5. The number of amides is 1. The van der Waals surface area contributed by atoms with E-state index >= 15 is 0 Å². The van der Waals surface area contributed by atoms with Crippen LogP contribution in [0.15, 0.2) is 47.5 Å². The van der Waals surface area contributed by atoms with Crippen molar-refractivity contribution in [3.8, 4) is 11.5 Å². The van der Waals surface area contributed by atoms with Gasteiger partial charge < -0.3 is 14.8 Å². The first-order chi connectivity index (χ1) is 13.5. The molecule has 1 aromatic heterocycles. The van der Waals surface area contributed by atoms with Crippen LogP contribution in [0.4, 0.5) is 10.1 Å². The number of aromatic nitrogens is 2. The van der Waals surface area contributed by atoms with Gasteiger partial charge in [-0.05, 0) is 44.2 Å².